The summed E-state index contributed by atoms with van der Waals surface area (Å²) >= 11 is 0. The zero-order chi connectivity index (χ0) is 13.8. The summed E-state index contributed by atoms with van der Waals surface area (Å²) in [6.45, 7) is 0.480. The third-order valence-corrected chi connectivity index (χ3v) is 2.23. The molecule has 0 aliphatic carbocycles. The van der Waals surface area contributed by atoms with Crippen molar-refractivity contribution < 1.29 is 10.2 Å². The van der Waals surface area contributed by atoms with Gasteiger partial charge in [0, 0.05) is 11.4 Å². The van der Waals surface area contributed by atoms with Gasteiger partial charge in [-0.15, -0.1) is 0 Å². The molecule has 0 radical (unpaired) electrons. The molecule has 4 N–H and O–H groups in total. The van der Waals surface area contributed by atoms with Crippen molar-refractivity contribution in [1.29, 1.82) is 0 Å². The van der Waals surface area contributed by atoms with Crippen LogP contribution in [0.4, 0.5) is 11.4 Å². The number of para-hydroxylation sites is 2. The van der Waals surface area contributed by atoms with Crippen molar-refractivity contribution >= 4 is 11.4 Å². The molecule has 0 aromatic heterocycles. The normalized spacial score (nSPS) is 9.16. The Labute approximate surface area is 113 Å². The van der Waals surface area contributed by atoms with Crippen LogP contribution in [0.25, 0.3) is 0 Å². The van der Waals surface area contributed by atoms with E-state index in [0.717, 1.165) is 18.0 Å². The molecule has 102 valence electrons. The van der Waals surface area contributed by atoms with Crippen LogP contribution in [0.5, 0.6) is 0 Å². The van der Waals surface area contributed by atoms with Gasteiger partial charge in [0.15, 0.2) is 0 Å². The van der Waals surface area contributed by atoms with Gasteiger partial charge in [0.1, 0.15) is 0 Å². The van der Waals surface area contributed by atoms with Crippen molar-refractivity contribution in [3.63, 3.8) is 0 Å². The standard InChI is InChI=1S/C13H14N2.C2H6O2/c1-3-7-12(8-4-1)14-11-15-13-9-5-2-6-10-13;3-1-2-4/h1-10,14-15H,11H2;3-4H,1-2H2. The molecule has 2 aromatic carbocycles. The van der Waals surface area contributed by atoms with Crippen molar-refractivity contribution in [2.75, 3.05) is 30.5 Å². The van der Waals surface area contributed by atoms with Crippen molar-refractivity contribution in [1.82, 2.24) is 0 Å². The number of nitrogens with one attached hydrogen (secondary N) is 2. The highest BCUT2D eigenvalue weighted by Crippen LogP contribution is 2.06. The van der Waals surface area contributed by atoms with Gasteiger partial charge >= 0.3 is 0 Å². The van der Waals surface area contributed by atoms with Crippen LogP contribution in [0.1, 0.15) is 0 Å². The van der Waals surface area contributed by atoms with Crippen LogP contribution in [0.3, 0.4) is 0 Å². The van der Waals surface area contributed by atoms with E-state index in [0.29, 0.717) is 0 Å². The van der Waals surface area contributed by atoms with E-state index in [1.807, 2.05) is 60.7 Å². The molecule has 4 heteroatoms. The number of aliphatic hydroxyl groups excluding tert-OH is 2. The monoisotopic (exact) mass is 260 g/mol. The number of benzene rings is 2. The van der Waals surface area contributed by atoms with Crippen LogP contribution in [0.15, 0.2) is 60.7 Å². The number of hydrogen-bond donors (Lipinski definition) is 4. The molecular weight excluding hydrogens is 240 g/mol. The summed E-state index contributed by atoms with van der Waals surface area (Å²) in [6, 6.07) is 20.3. The molecule has 0 fully saturated rings. The third kappa shape index (κ3) is 7.08. The first kappa shape index (κ1) is 15.0. The molecule has 0 aliphatic heterocycles. The van der Waals surface area contributed by atoms with Gasteiger partial charge in [0.25, 0.3) is 0 Å². The average molecular weight is 260 g/mol. The fraction of sp³-hybridized carbons (Fsp3) is 0.200. The van der Waals surface area contributed by atoms with Gasteiger partial charge in [-0.3, -0.25) is 0 Å². The van der Waals surface area contributed by atoms with E-state index in [-0.39, 0.29) is 13.2 Å². The Kier molecular flexibility index (Phi) is 7.85. The van der Waals surface area contributed by atoms with Crippen molar-refractivity contribution in [3.05, 3.63) is 60.7 Å². The zero-order valence-electron chi connectivity index (χ0n) is 10.8. The zero-order valence-corrected chi connectivity index (χ0v) is 10.8. The van der Waals surface area contributed by atoms with Gasteiger partial charge in [-0.25, -0.2) is 0 Å². The predicted octanol–water partition coefficient (Wildman–Crippen LogP) is 2.14. The SMILES string of the molecule is OCCO.c1ccc(NCNc2ccccc2)cc1. The Morgan fingerprint density at radius 1 is 0.632 bits per heavy atom. The summed E-state index contributed by atoms with van der Waals surface area (Å²) in [5.41, 5.74) is 2.25. The second kappa shape index (κ2) is 9.94. The number of aliphatic hydroxyl groups is 2. The van der Waals surface area contributed by atoms with Crippen LogP contribution in [0.2, 0.25) is 0 Å². The van der Waals surface area contributed by atoms with Gasteiger partial charge in [-0.1, -0.05) is 36.4 Å². The summed E-state index contributed by atoms with van der Waals surface area (Å²) < 4.78 is 0. The first-order valence-corrected chi connectivity index (χ1v) is 6.16. The molecule has 0 atom stereocenters. The number of anilines is 2. The highest BCUT2D eigenvalue weighted by Gasteiger charge is 1.89. The Morgan fingerprint density at radius 2 is 1.00 bits per heavy atom. The highest BCUT2D eigenvalue weighted by molar-refractivity contribution is 5.46. The lowest BCUT2D eigenvalue weighted by Crippen LogP contribution is -2.11. The largest absolute Gasteiger partial charge is 0.394 e. The summed E-state index contributed by atoms with van der Waals surface area (Å²) in [5, 5.41) is 21.8. The minimum absolute atomic E-state index is 0.125. The smallest absolute Gasteiger partial charge is 0.0849 e. The summed E-state index contributed by atoms with van der Waals surface area (Å²) in [6.07, 6.45) is 0. The fourth-order valence-electron chi connectivity index (χ4n) is 1.36. The van der Waals surface area contributed by atoms with Crippen LogP contribution in [-0.4, -0.2) is 30.1 Å². The van der Waals surface area contributed by atoms with Crippen LogP contribution >= 0.6 is 0 Å². The maximum absolute atomic E-state index is 7.62. The Balaban J connectivity index is 0.000000399. The van der Waals surface area contributed by atoms with Crippen LogP contribution in [0, 0.1) is 0 Å². The first-order chi connectivity index (χ1) is 9.36. The van der Waals surface area contributed by atoms with Gasteiger partial charge in [0.2, 0.25) is 0 Å². The molecule has 0 spiro atoms. The third-order valence-electron chi connectivity index (χ3n) is 2.23. The molecule has 2 aromatic rings. The topological polar surface area (TPSA) is 64.5 Å². The van der Waals surface area contributed by atoms with Crippen LogP contribution in [-0.2, 0) is 0 Å². The maximum Gasteiger partial charge on any atom is 0.0849 e. The molecule has 0 saturated heterocycles. The molecule has 19 heavy (non-hydrogen) atoms. The van der Waals surface area contributed by atoms with E-state index in [4.69, 9.17) is 10.2 Å². The lowest BCUT2D eigenvalue weighted by molar-refractivity contribution is 0.186. The number of hydrogen-bond acceptors (Lipinski definition) is 4. The van der Waals surface area contributed by atoms with E-state index < -0.39 is 0 Å². The summed E-state index contributed by atoms with van der Waals surface area (Å²) in [7, 11) is 0. The Hall–Kier alpha value is -2.04. The van der Waals surface area contributed by atoms with Gasteiger partial charge in [0.05, 0.1) is 19.9 Å². The van der Waals surface area contributed by atoms with Gasteiger partial charge in [-0.2, -0.15) is 0 Å². The van der Waals surface area contributed by atoms with Gasteiger partial charge < -0.3 is 20.8 Å². The van der Waals surface area contributed by atoms with Crippen LogP contribution < -0.4 is 10.6 Å². The molecule has 0 amide bonds. The van der Waals surface area contributed by atoms with Gasteiger partial charge in [-0.05, 0) is 24.3 Å². The minimum Gasteiger partial charge on any atom is -0.394 e. The lowest BCUT2D eigenvalue weighted by atomic mass is 10.3. The highest BCUT2D eigenvalue weighted by atomic mass is 16.3. The molecule has 4 nitrogen and oxygen atoms in total. The molecule has 2 rings (SSSR count). The lowest BCUT2D eigenvalue weighted by Gasteiger charge is -2.08. The van der Waals surface area contributed by atoms with E-state index in [1.54, 1.807) is 0 Å². The predicted molar refractivity (Wildman–Crippen MR) is 79.2 cm³/mol. The summed E-state index contributed by atoms with van der Waals surface area (Å²) in [4.78, 5) is 0. The molecule has 0 unspecified atom stereocenters. The quantitative estimate of drug-likeness (QED) is 0.622. The molecule has 0 aliphatic rings. The summed E-state index contributed by atoms with van der Waals surface area (Å²) in [5.74, 6) is 0. The fourth-order valence-corrected chi connectivity index (χ4v) is 1.36. The molecule has 0 heterocycles. The van der Waals surface area contributed by atoms with Crippen molar-refractivity contribution in [2.45, 2.75) is 0 Å². The van der Waals surface area contributed by atoms with E-state index in [2.05, 4.69) is 10.6 Å². The van der Waals surface area contributed by atoms with E-state index in [1.165, 1.54) is 0 Å². The second-order valence-electron chi connectivity index (χ2n) is 3.71. The molecule has 0 bridgehead atoms. The van der Waals surface area contributed by atoms with Crippen molar-refractivity contribution in [2.24, 2.45) is 0 Å². The van der Waals surface area contributed by atoms with E-state index >= 15 is 0 Å². The van der Waals surface area contributed by atoms with E-state index in [9.17, 15) is 0 Å². The minimum atomic E-state index is -0.125. The molecular formula is C15H20N2O2. The molecule has 0 saturated carbocycles. The average Bonchev–Trinajstić information content (AvgIpc) is 2.50. The Morgan fingerprint density at radius 3 is 1.32 bits per heavy atom. The second-order valence-corrected chi connectivity index (χ2v) is 3.71. The number of rotatable bonds is 5. The van der Waals surface area contributed by atoms with Crippen molar-refractivity contribution in [3.8, 4) is 0 Å². The first-order valence-electron chi connectivity index (χ1n) is 6.16. The Bertz CT molecular complexity index is 379. The maximum atomic E-state index is 7.62.